The Bertz CT molecular complexity index is 386. The normalized spacial score (nSPS) is 18.8. The number of hydrogen-bond donors (Lipinski definition) is 1. The molecule has 0 aromatic heterocycles. The van der Waals surface area contributed by atoms with Crippen LogP contribution in [0.1, 0.15) is 44.9 Å². The maximum Gasteiger partial charge on any atom is 0.120 e. The van der Waals surface area contributed by atoms with E-state index in [-0.39, 0.29) is 0 Å². The fourth-order valence-corrected chi connectivity index (χ4v) is 3.36. The monoisotopic (exact) mass is 325 g/mol. The minimum absolute atomic E-state index is 0.322. The first kappa shape index (κ1) is 14.9. The number of nitrogens with two attached hydrogens (primary N) is 1. The third-order valence-corrected chi connectivity index (χ3v) is 4.79. The van der Waals surface area contributed by atoms with Crippen LogP contribution in [0.4, 0.5) is 0 Å². The third-order valence-electron chi connectivity index (χ3n) is 4.29. The molecule has 0 saturated heterocycles. The van der Waals surface area contributed by atoms with Gasteiger partial charge in [0.05, 0.1) is 6.61 Å². The lowest BCUT2D eigenvalue weighted by atomic mass is 9.78. The lowest BCUT2D eigenvalue weighted by Gasteiger charge is -2.31. The second kappa shape index (κ2) is 7.30. The summed E-state index contributed by atoms with van der Waals surface area (Å²) in [5.74, 6) is 0.940. The Labute approximate surface area is 124 Å². The van der Waals surface area contributed by atoms with Crippen LogP contribution in [0.5, 0.6) is 5.75 Å². The molecule has 19 heavy (non-hydrogen) atoms. The summed E-state index contributed by atoms with van der Waals surface area (Å²) in [6, 6.07) is 8.04. The summed E-state index contributed by atoms with van der Waals surface area (Å²) in [7, 11) is 0. The number of benzene rings is 1. The van der Waals surface area contributed by atoms with Gasteiger partial charge in [0.2, 0.25) is 0 Å². The highest BCUT2D eigenvalue weighted by atomic mass is 79.9. The molecule has 1 aromatic rings. The molecule has 0 radical (unpaired) electrons. The van der Waals surface area contributed by atoms with E-state index in [1.54, 1.807) is 0 Å². The number of ether oxygens (including phenoxy) is 1. The fourth-order valence-electron chi connectivity index (χ4n) is 2.98. The Morgan fingerprint density at radius 1 is 1.16 bits per heavy atom. The summed E-state index contributed by atoms with van der Waals surface area (Å²) < 4.78 is 6.93. The van der Waals surface area contributed by atoms with E-state index >= 15 is 0 Å². The van der Waals surface area contributed by atoms with E-state index in [2.05, 4.69) is 15.9 Å². The van der Waals surface area contributed by atoms with Gasteiger partial charge in [0.15, 0.2) is 0 Å². The van der Waals surface area contributed by atoms with Gasteiger partial charge in [-0.2, -0.15) is 0 Å². The molecule has 2 nitrogen and oxygen atoms in total. The SMILES string of the molecule is NCC1(CCOc2cccc(Br)c2)CCCCCC1. The summed E-state index contributed by atoms with van der Waals surface area (Å²) in [4.78, 5) is 0. The van der Waals surface area contributed by atoms with E-state index in [0.29, 0.717) is 5.41 Å². The van der Waals surface area contributed by atoms with Gasteiger partial charge in [0.1, 0.15) is 5.75 Å². The van der Waals surface area contributed by atoms with Gasteiger partial charge < -0.3 is 10.5 Å². The summed E-state index contributed by atoms with van der Waals surface area (Å²) in [5, 5.41) is 0. The molecular weight excluding hydrogens is 302 g/mol. The first-order chi connectivity index (χ1) is 9.24. The van der Waals surface area contributed by atoms with Crippen molar-refractivity contribution in [3.63, 3.8) is 0 Å². The molecule has 106 valence electrons. The van der Waals surface area contributed by atoms with Gasteiger partial charge >= 0.3 is 0 Å². The van der Waals surface area contributed by atoms with Crippen molar-refractivity contribution >= 4 is 15.9 Å². The first-order valence-electron chi connectivity index (χ1n) is 7.33. The maximum absolute atomic E-state index is 6.05. The lowest BCUT2D eigenvalue weighted by Crippen LogP contribution is -2.31. The number of halogens is 1. The minimum Gasteiger partial charge on any atom is -0.494 e. The average molecular weight is 326 g/mol. The Morgan fingerprint density at radius 3 is 2.53 bits per heavy atom. The van der Waals surface area contributed by atoms with Crippen molar-refractivity contribution < 1.29 is 4.74 Å². The molecule has 1 aliphatic carbocycles. The van der Waals surface area contributed by atoms with Crippen LogP contribution in [0.2, 0.25) is 0 Å². The van der Waals surface area contributed by atoms with Crippen molar-refractivity contribution in [3.8, 4) is 5.75 Å². The van der Waals surface area contributed by atoms with Crippen molar-refractivity contribution in [2.24, 2.45) is 11.1 Å². The molecule has 0 atom stereocenters. The van der Waals surface area contributed by atoms with Crippen LogP contribution in [0.15, 0.2) is 28.7 Å². The van der Waals surface area contributed by atoms with Crippen molar-refractivity contribution in [3.05, 3.63) is 28.7 Å². The topological polar surface area (TPSA) is 35.2 Å². The van der Waals surface area contributed by atoms with Crippen LogP contribution in [0, 0.1) is 5.41 Å². The van der Waals surface area contributed by atoms with Gasteiger partial charge in [-0.1, -0.05) is 47.7 Å². The predicted octanol–water partition coefficient (Wildman–Crippen LogP) is 4.52. The lowest BCUT2D eigenvalue weighted by molar-refractivity contribution is 0.177. The van der Waals surface area contributed by atoms with Crippen molar-refractivity contribution in [2.45, 2.75) is 44.9 Å². The van der Waals surface area contributed by atoms with Crippen LogP contribution >= 0.6 is 15.9 Å². The Hall–Kier alpha value is -0.540. The van der Waals surface area contributed by atoms with Gasteiger partial charge in [-0.05, 0) is 49.4 Å². The zero-order valence-corrected chi connectivity index (χ0v) is 13.1. The second-order valence-electron chi connectivity index (χ2n) is 5.67. The van der Waals surface area contributed by atoms with Crippen molar-refractivity contribution in [1.29, 1.82) is 0 Å². The molecule has 0 unspecified atom stereocenters. The van der Waals surface area contributed by atoms with Crippen LogP contribution in [-0.2, 0) is 0 Å². The van der Waals surface area contributed by atoms with Gasteiger partial charge in [-0.3, -0.25) is 0 Å². The molecule has 1 fully saturated rings. The van der Waals surface area contributed by atoms with E-state index < -0.39 is 0 Å². The summed E-state index contributed by atoms with van der Waals surface area (Å²) >= 11 is 3.47. The molecule has 0 heterocycles. The first-order valence-corrected chi connectivity index (χ1v) is 8.12. The molecule has 0 spiro atoms. The average Bonchev–Trinajstić information content (AvgIpc) is 2.65. The molecule has 1 saturated carbocycles. The molecular formula is C16H24BrNO. The zero-order chi connectivity index (χ0) is 13.6. The molecule has 1 aromatic carbocycles. The highest BCUT2D eigenvalue weighted by Crippen LogP contribution is 2.37. The maximum atomic E-state index is 6.05. The van der Waals surface area contributed by atoms with E-state index in [1.807, 2.05) is 24.3 Å². The number of hydrogen-bond acceptors (Lipinski definition) is 2. The Kier molecular flexibility index (Phi) is 5.71. The minimum atomic E-state index is 0.322. The van der Waals surface area contributed by atoms with Gasteiger partial charge in [-0.15, -0.1) is 0 Å². The quantitative estimate of drug-likeness (QED) is 0.808. The smallest absolute Gasteiger partial charge is 0.120 e. The largest absolute Gasteiger partial charge is 0.494 e. The highest BCUT2D eigenvalue weighted by Gasteiger charge is 2.29. The standard InChI is InChI=1S/C16H24BrNO/c17-14-6-5-7-15(12-14)19-11-10-16(13-18)8-3-1-2-4-9-16/h5-7,12H,1-4,8-11,13,18H2. The van der Waals surface area contributed by atoms with Gasteiger partial charge in [0.25, 0.3) is 0 Å². The molecule has 2 N–H and O–H groups in total. The van der Waals surface area contributed by atoms with Crippen LogP contribution < -0.4 is 10.5 Å². The molecule has 2 rings (SSSR count). The van der Waals surface area contributed by atoms with Gasteiger partial charge in [-0.25, -0.2) is 0 Å². The number of rotatable bonds is 5. The third kappa shape index (κ3) is 4.50. The fraction of sp³-hybridized carbons (Fsp3) is 0.625. The predicted molar refractivity (Wildman–Crippen MR) is 83.4 cm³/mol. The summed E-state index contributed by atoms with van der Waals surface area (Å²) in [6.07, 6.45) is 9.01. The summed E-state index contributed by atoms with van der Waals surface area (Å²) in [6.45, 7) is 1.57. The van der Waals surface area contributed by atoms with Crippen LogP contribution in [-0.4, -0.2) is 13.2 Å². The van der Waals surface area contributed by atoms with Crippen molar-refractivity contribution in [1.82, 2.24) is 0 Å². The molecule has 0 bridgehead atoms. The molecule has 0 aliphatic heterocycles. The molecule has 3 heteroatoms. The Morgan fingerprint density at radius 2 is 1.89 bits per heavy atom. The van der Waals surface area contributed by atoms with Crippen LogP contribution in [0.25, 0.3) is 0 Å². The second-order valence-corrected chi connectivity index (χ2v) is 6.59. The van der Waals surface area contributed by atoms with E-state index in [9.17, 15) is 0 Å². The summed E-state index contributed by atoms with van der Waals surface area (Å²) in [5.41, 5.74) is 6.37. The van der Waals surface area contributed by atoms with Gasteiger partial charge in [0, 0.05) is 4.47 Å². The van der Waals surface area contributed by atoms with E-state index in [4.69, 9.17) is 10.5 Å². The highest BCUT2D eigenvalue weighted by molar-refractivity contribution is 9.10. The van der Waals surface area contributed by atoms with Crippen molar-refractivity contribution in [2.75, 3.05) is 13.2 Å². The van der Waals surface area contributed by atoms with Crippen LogP contribution in [0.3, 0.4) is 0 Å². The van der Waals surface area contributed by atoms with E-state index in [0.717, 1.165) is 29.8 Å². The van der Waals surface area contributed by atoms with E-state index in [1.165, 1.54) is 38.5 Å². The zero-order valence-electron chi connectivity index (χ0n) is 11.5. The molecule has 1 aliphatic rings. The molecule has 0 amide bonds. The Balaban J connectivity index is 1.85.